The van der Waals surface area contributed by atoms with Crippen molar-refractivity contribution in [3.05, 3.63) is 45.5 Å². The summed E-state index contributed by atoms with van der Waals surface area (Å²) in [4.78, 5) is 18.8. The number of methoxy groups -OCH3 is 1. The first-order valence-electron chi connectivity index (χ1n) is 7.24. The van der Waals surface area contributed by atoms with Crippen LogP contribution in [0.2, 0.25) is 10.0 Å². The number of morpholine rings is 1. The van der Waals surface area contributed by atoms with E-state index in [0.29, 0.717) is 40.5 Å². The lowest BCUT2D eigenvalue weighted by molar-refractivity contribution is -0.00576. The van der Waals surface area contributed by atoms with Crippen LogP contribution in [0.25, 0.3) is 0 Å². The molecule has 128 valence electrons. The third-order valence-corrected chi connectivity index (χ3v) is 3.98. The molecule has 1 aromatic carbocycles. The molecule has 1 aromatic heterocycles. The largest absolute Gasteiger partial charge is 0.377 e. The van der Waals surface area contributed by atoms with Crippen molar-refractivity contribution in [2.75, 3.05) is 26.9 Å². The van der Waals surface area contributed by atoms with Gasteiger partial charge in [-0.25, -0.2) is 0 Å². The van der Waals surface area contributed by atoms with Gasteiger partial charge in [-0.3, -0.25) is 4.79 Å². The van der Waals surface area contributed by atoms with Crippen molar-refractivity contribution in [2.45, 2.75) is 12.6 Å². The van der Waals surface area contributed by atoms with Gasteiger partial charge in [0, 0.05) is 29.3 Å². The Hall–Kier alpha value is -1.67. The van der Waals surface area contributed by atoms with E-state index in [1.54, 1.807) is 23.1 Å². The fourth-order valence-electron chi connectivity index (χ4n) is 2.49. The molecule has 1 amide bonds. The van der Waals surface area contributed by atoms with E-state index >= 15 is 0 Å². The van der Waals surface area contributed by atoms with E-state index in [1.165, 1.54) is 7.11 Å². The molecule has 2 heterocycles. The zero-order valence-corrected chi connectivity index (χ0v) is 14.4. The predicted octanol–water partition coefficient (Wildman–Crippen LogP) is 2.74. The Morgan fingerprint density at radius 3 is 2.83 bits per heavy atom. The molecule has 1 aliphatic heterocycles. The summed E-state index contributed by atoms with van der Waals surface area (Å²) in [6.45, 7) is 1.32. The highest BCUT2D eigenvalue weighted by Gasteiger charge is 2.33. The number of halogens is 2. The van der Waals surface area contributed by atoms with Crippen molar-refractivity contribution in [1.29, 1.82) is 0 Å². The molecular weight excluding hydrogens is 357 g/mol. The van der Waals surface area contributed by atoms with E-state index in [-0.39, 0.29) is 19.1 Å². The summed E-state index contributed by atoms with van der Waals surface area (Å²) in [7, 11) is 1.53. The van der Waals surface area contributed by atoms with Crippen LogP contribution in [0, 0.1) is 0 Å². The minimum atomic E-state index is -0.446. The maximum Gasteiger partial charge on any atom is 0.254 e. The Bertz CT molecular complexity index is 717. The quantitative estimate of drug-likeness (QED) is 0.821. The number of benzene rings is 1. The van der Waals surface area contributed by atoms with Crippen molar-refractivity contribution >= 4 is 29.1 Å². The topological polar surface area (TPSA) is 77.7 Å². The minimum Gasteiger partial charge on any atom is -0.377 e. The lowest BCUT2D eigenvalue weighted by Gasteiger charge is -2.33. The number of hydrogen-bond donors (Lipinski definition) is 0. The van der Waals surface area contributed by atoms with Gasteiger partial charge in [0.1, 0.15) is 12.6 Å². The van der Waals surface area contributed by atoms with Gasteiger partial charge in [0.2, 0.25) is 0 Å². The van der Waals surface area contributed by atoms with Crippen molar-refractivity contribution < 1.29 is 18.8 Å². The van der Waals surface area contributed by atoms with E-state index in [1.807, 2.05) is 0 Å². The highest BCUT2D eigenvalue weighted by molar-refractivity contribution is 6.35. The highest BCUT2D eigenvalue weighted by atomic mass is 35.5. The van der Waals surface area contributed by atoms with Crippen LogP contribution in [0.5, 0.6) is 0 Å². The van der Waals surface area contributed by atoms with Gasteiger partial charge in [-0.15, -0.1) is 0 Å². The third kappa shape index (κ3) is 3.70. The number of rotatable bonds is 4. The second-order valence-electron chi connectivity index (χ2n) is 5.23. The zero-order valence-electron chi connectivity index (χ0n) is 12.9. The number of aromatic nitrogens is 2. The SMILES string of the molecule is COCc1nc([C@@H]2COCCN2C(=O)c2cc(Cl)cc(Cl)c2)no1. The molecule has 2 aromatic rings. The standard InChI is InChI=1S/C15H15Cl2N3O4/c1-22-8-13-18-14(19-24-13)12-7-23-3-2-20(12)15(21)9-4-10(16)6-11(17)5-9/h4-6,12H,2-3,7-8H2,1H3/t12-/m0/s1. The summed E-state index contributed by atoms with van der Waals surface area (Å²) in [6, 6.07) is 4.29. The monoisotopic (exact) mass is 371 g/mol. The Labute approximate surface area is 148 Å². The Morgan fingerprint density at radius 2 is 2.12 bits per heavy atom. The lowest BCUT2D eigenvalue weighted by Crippen LogP contribution is -2.43. The number of amides is 1. The van der Waals surface area contributed by atoms with Crippen LogP contribution in [0.3, 0.4) is 0 Å². The minimum absolute atomic E-state index is 0.207. The summed E-state index contributed by atoms with van der Waals surface area (Å²) in [5.74, 6) is 0.505. The fraction of sp³-hybridized carbons (Fsp3) is 0.400. The van der Waals surface area contributed by atoms with Gasteiger partial charge in [-0.1, -0.05) is 28.4 Å². The molecule has 1 aliphatic rings. The third-order valence-electron chi connectivity index (χ3n) is 3.55. The highest BCUT2D eigenvalue weighted by Crippen LogP contribution is 2.26. The summed E-state index contributed by atoms with van der Waals surface area (Å²) in [6.07, 6.45) is 0. The van der Waals surface area contributed by atoms with Crippen LogP contribution < -0.4 is 0 Å². The summed E-state index contributed by atoms with van der Waals surface area (Å²) >= 11 is 12.0. The maximum absolute atomic E-state index is 12.9. The number of carbonyl (C=O) groups excluding carboxylic acids is 1. The van der Waals surface area contributed by atoms with Gasteiger partial charge >= 0.3 is 0 Å². The number of ether oxygens (including phenoxy) is 2. The van der Waals surface area contributed by atoms with Gasteiger partial charge < -0.3 is 18.9 Å². The average Bonchev–Trinajstić information content (AvgIpc) is 3.02. The van der Waals surface area contributed by atoms with Gasteiger partial charge in [-0.05, 0) is 18.2 Å². The smallest absolute Gasteiger partial charge is 0.254 e. The average molecular weight is 372 g/mol. The van der Waals surface area contributed by atoms with E-state index < -0.39 is 6.04 Å². The van der Waals surface area contributed by atoms with Crippen molar-refractivity contribution in [3.8, 4) is 0 Å². The second kappa shape index (κ2) is 7.48. The van der Waals surface area contributed by atoms with Crippen LogP contribution in [-0.4, -0.2) is 47.8 Å². The molecule has 1 atom stereocenters. The second-order valence-corrected chi connectivity index (χ2v) is 6.10. The van der Waals surface area contributed by atoms with E-state index in [9.17, 15) is 4.79 Å². The molecule has 0 unspecified atom stereocenters. The molecule has 3 rings (SSSR count). The summed E-state index contributed by atoms with van der Waals surface area (Å²) in [5.41, 5.74) is 0.403. The van der Waals surface area contributed by atoms with Crippen LogP contribution >= 0.6 is 23.2 Å². The van der Waals surface area contributed by atoms with Crippen LogP contribution in [-0.2, 0) is 16.1 Å². The molecule has 0 aliphatic carbocycles. The van der Waals surface area contributed by atoms with E-state index in [4.69, 9.17) is 37.2 Å². The van der Waals surface area contributed by atoms with Crippen molar-refractivity contribution in [3.63, 3.8) is 0 Å². The first-order valence-corrected chi connectivity index (χ1v) is 8.00. The van der Waals surface area contributed by atoms with Crippen LogP contribution in [0.15, 0.2) is 22.7 Å². The normalized spacial score (nSPS) is 18.0. The Morgan fingerprint density at radius 1 is 1.38 bits per heavy atom. The first-order chi connectivity index (χ1) is 11.6. The molecule has 1 saturated heterocycles. The lowest BCUT2D eigenvalue weighted by atomic mass is 10.1. The van der Waals surface area contributed by atoms with E-state index in [0.717, 1.165) is 0 Å². The summed E-state index contributed by atoms with van der Waals surface area (Å²) < 4.78 is 15.5. The van der Waals surface area contributed by atoms with Crippen molar-refractivity contribution in [2.24, 2.45) is 0 Å². The first kappa shape index (κ1) is 17.2. The molecule has 0 saturated carbocycles. The molecule has 0 N–H and O–H groups in total. The van der Waals surface area contributed by atoms with Crippen molar-refractivity contribution in [1.82, 2.24) is 15.0 Å². The number of carbonyl (C=O) groups is 1. The van der Waals surface area contributed by atoms with Gasteiger partial charge in [0.15, 0.2) is 5.82 Å². The molecule has 0 radical (unpaired) electrons. The van der Waals surface area contributed by atoms with Gasteiger partial charge in [0.25, 0.3) is 11.8 Å². The molecular formula is C15H15Cl2N3O4. The molecule has 0 spiro atoms. The maximum atomic E-state index is 12.9. The Kier molecular flexibility index (Phi) is 5.35. The van der Waals surface area contributed by atoms with Gasteiger partial charge in [-0.2, -0.15) is 4.98 Å². The number of hydrogen-bond acceptors (Lipinski definition) is 6. The summed E-state index contributed by atoms with van der Waals surface area (Å²) in [5, 5.41) is 4.73. The van der Waals surface area contributed by atoms with E-state index in [2.05, 4.69) is 10.1 Å². The number of nitrogens with zero attached hydrogens (tertiary/aromatic N) is 3. The van der Waals surface area contributed by atoms with Crippen LogP contribution in [0.1, 0.15) is 28.1 Å². The molecule has 7 nitrogen and oxygen atoms in total. The molecule has 24 heavy (non-hydrogen) atoms. The molecule has 1 fully saturated rings. The molecule has 0 bridgehead atoms. The predicted molar refractivity (Wildman–Crippen MR) is 86.1 cm³/mol. The van der Waals surface area contributed by atoms with Crippen LogP contribution in [0.4, 0.5) is 0 Å². The zero-order chi connectivity index (χ0) is 17.1. The fourth-order valence-corrected chi connectivity index (χ4v) is 3.02. The Balaban J connectivity index is 1.86. The van der Waals surface area contributed by atoms with Gasteiger partial charge in [0.05, 0.1) is 13.2 Å². The molecule has 9 heteroatoms.